The zero-order valence-corrected chi connectivity index (χ0v) is 13.2. The first-order valence-electron chi connectivity index (χ1n) is 7.26. The molecule has 0 fully saturated rings. The second-order valence-corrected chi connectivity index (χ2v) is 4.99. The zero-order valence-electron chi connectivity index (χ0n) is 13.2. The summed E-state index contributed by atoms with van der Waals surface area (Å²) >= 11 is 0. The molecular formula is C13H26N6O2. The van der Waals surface area contributed by atoms with Gasteiger partial charge in [-0.1, -0.05) is 0 Å². The molecular weight excluding hydrogens is 272 g/mol. The Morgan fingerprint density at radius 2 is 1.57 bits per heavy atom. The van der Waals surface area contributed by atoms with E-state index in [0.717, 1.165) is 13.1 Å². The maximum atomic E-state index is 9.37. The Labute approximate surface area is 125 Å². The lowest BCUT2D eigenvalue weighted by Gasteiger charge is -2.27. The number of anilines is 3. The Balaban J connectivity index is 3.12. The third-order valence-electron chi connectivity index (χ3n) is 3.12. The van der Waals surface area contributed by atoms with Crippen LogP contribution in [-0.2, 0) is 0 Å². The molecule has 0 saturated heterocycles. The lowest BCUT2D eigenvalue weighted by atomic mass is 10.1. The first kappa shape index (κ1) is 17.4. The van der Waals surface area contributed by atoms with Crippen molar-refractivity contribution in [2.24, 2.45) is 0 Å². The van der Waals surface area contributed by atoms with Gasteiger partial charge in [0.15, 0.2) is 0 Å². The number of hydrogen-bond donors (Lipinski definition) is 4. The quantitative estimate of drug-likeness (QED) is 0.516. The van der Waals surface area contributed by atoms with E-state index in [1.54, 1.807) is 6.92 Å². The maximum absolute atomic E-state index is 9.37. The predicted molar refractivity (Wildman–Crippen MR) is 83.8 cm³/mol. The number of nitrogens with one attached hydrogen (secondary N) is 2. The van der Waals surface area contributed by atoms with Crippen LogP contribution in [0.15, 0.2) is 0 Å². The molecule has 1 heterocycles. The topological polar surface area (TPSA) is 106 Å². The number of rotatable bonds is 9. The molecule has 0 aliphatic carbocycles. The van der Waals surface area contributed by atoms with Crippen LogP contribution >= 0.6 is 0 Å². The summed E-state index contributed by atoms with van der Waals surface area (Å²) in [7, 11) is 0. The largest absolute Gasteiger partial charge is 0.394 e. The molecule has 0 amide bonds. The van der Waals surface area contributed by atoms with E-state index in [1.807, 2.05) is 25.7 Å². The Kier molecular flexibility index (Phi) is 6.57. The van der Waals surface area contributed by atoms with Crippen LogP contribution < -0.4 is 15.5 Å². The van der Waals surface area contributed by atoms with Gasteiger partial charge in [0.2, 0.25) is 17.8 Å². The van der Waals surface area contributed by atoms with Crippen molar-refractivity contribution in [3.05, 3.63) is 0 Å². The molecule has 4 N–H and O–H groups in total. The summed E-state index contributed by atoms with van der Waals surface area (Å²) in [6.07, 6.45) is 0. The first-order chi connectivity index (χ1) is 10.0. The summed E-state index contributed by atoms with van der Waals surface area (Å²) in [5.41, 5.74) is -0.884. The molecule has 0 saturated carbocycles. The fourth-order valence-electron chi connectivity index (χ4n) is 1.70. The van der Waals surface area contributed by atoms with E-state index in [2.05, 4.69) is 25.6 Å². The first-order valence-corrected chi connectivity index (χ1v) is 7.26. The molecule has 0 bridgehead atoms. The van der Waals surface area contributed by atoms with Crippen molar-refractivity contribution in [3.63, 3.8) is 0 Å². The molecule has 0 aromatic carbocycles. The Bertz CT molecular complexity index is 435. The average Bonchev–Trinajstić information content (AvgIpc) is 2.48. The third-order valence-corrected chi connectivity index (χ3v) is 3.12. The van der Waals surface area contributed by atoms with Crippen molar-refractivity contribution in [1.29, 1.82) is 0 Å². The summed E-state index contributed by atoms with van der Waals surface area (Å²) < 4.78 is 0. The summed E-state index contributed by atoms with van der Waals surface area (Å²) in [5, 5.41) is 24.8. The fraction of sp³-hybridized carbons (Fsp3) is 0.769. The summed E-state index contributed by atoms with van der Waals surface area (Å²) in [6.45, 7) is 9.50. The van der Waals surface area contributed by atoms with Gasteiger partial charge in [-0.05, 0) is 27.7 Å². The van der Waals surface area contributed by atoms with Gasteiger partial charge in [0.25, 0.3) is 0 Å². The fourth-order valence-corrected chi connectivity index (χ4v) is 1.70. The maximum Gasteiger partial charge on any atom is 0.231 e. The van der Waals surface area contributed by atoms with E-state index in [-0.39, 0.29) is 13.2 Å². The molecule has 120 valence electrons. The van der Waals surface area contributed by atoms with Crippen molar-refractivity contribution < 1.29 is 10.2 Å². The minimum absolute atomic E-state index is 0.230. The molecule has 21 heavy (non-hydrogen) atoms. The van der Waals surface area contributed by atoms with Crippen LogP contribution in [0.2, 0.25) is 0 Å². The molecule has 1 rings (SSSR count). The van der Waals surface area contributed by atoms with Crippen LogP contribution in [0.4, 0.5) is 17.8 Å². The molecule has 0 atom stereocenters. The van der Waals surface area contributed by atoms with Crippen molar-refractivity contribution in [1.82, 2.24) is 15.0 Å². The SMILES string of the molecule is CCNc1nc(NC(C)(CO)CO)nc(N(CC)CC)n1. The van der Waals surface area contributed by atoms with Crippen LogP contribution in [0.3, 0.4) is 0 Å². The summed E-state index contributed by atoms with van der Waals surface area (Å²) in [6, 6.07) is 0. The van der Waals surface area contributed by atoms with Crippen molar-refractivity contribution in [2.75, 3.05) is 48.4 Å². The number of nitrogens with zero attached hydrogens (tertiary/aromatic N) is 4. The highest BCUT2D eigenvalue weighted by atomic mass is 16.3. The van der Waals surface area contributed by atoms with Crippen LogP contribution in [0.1, 0.15) is 27.7 Å². The van der Waals surface area contributed by atoms with Crippen LogP contribution in [0, 0.1) is 0 Å². The molecule has 0 spiro atoms. The second kappa shape index (κ2) is 7.94. The van der Waals surface area contributed by atoms with Crippen LogP contribution in [0.5, 0.6) is 0 Å². The van der Waals surface area contributed by atoms with Gasteiger partial charge in [0.05, 0.1) is 18.8 Å². The van der Waals surface area contributed by atoms with Gasteiger partial charge in [-0.3, -0.25) is 0 Å². The zero-order chi connectivity index (χ0) is 15.9. The minimum Gasteiger partial charge on any atom is -0.394 e. The molecule has 0 aliphatic rings. The van der Waals surface area contributed by atoms with Gasteiger partial charge < -0.3 is 25.7 Å². The highest BCUT2D eigenvalue weighted by Crippen LogP contribution is 2.16. The van der Waals surface area contributed by atoms with Gasteiger partial charge in [0, 0.05) is 19.6 Å². The number of aliphatic hydroxyl groups is 2. The molecule has 0 unspecified atom stereocenters. The molecule has 8 nitrogen and oxygen atoms in total. The third kappa shape index (κ3) is 4.68. The number of aromatic nitrogens is 3. The molecule has 8 heteroatoms. The highest BCUT2D eigenvalue weighted by Gasteiger charge is 2.24. The Morgan fingerprint density at radius 3 is 2.05 bits per heavy atom. The molecule has 1 aromatic rings. The van der Waals surface area contributed by atoms with Gasteiger partial charge in [-0.25, -0.2) is 0 Å². The van der Waals surface area contributed by atoms with Crippen molar-refractivity contribution in [3.8, 4) is 0 Å². The molecule has 0 aliphatic heterocycles. The van der Waals surface area contributed by atoms with Gasteiger partial charge in [0.1, 0.15) is 0 Å². The normalized spacial score (nSPS) is 11.3. The minimum atomic E-state index is -0.884. The van der Waals surface area contributed by atoms with Crippen LogP contribution in [0.25, 0.3) is 0 Å². The molecule has 1 aromatic heterocycles. The average molecular weight is 298 g/mol. The summed E-state index contributed by atoms with van der Waals surface area (Å²) in [5.74, 6) is 1.36. The smallest absolute Gasteiger partial charge is 0.231 e. The lowest BCUT2D eigenvalue weighted by molar-refractivity contribution is 0.147. The van der Waals surface area contributed by atoms with E-state index in [9.17, 15) is 10.2 Å². The predicted octanol–water partition coefficient (Wildman–Crippen LogP) is 0.305. The van der Waals surface area contributed by atoms with E-state index in [0.29, 0.717) is 24.4 Å². The van der Waals surface area contributed by atoms with E-state index < -0.39 is 5.54 Å². The van der Waals surface area contributed by atoms with Gasteiger partial charge in [-0.2, -0.15) is 15.0 Å². The van der Waals surface area contributed by atoms with E-state index in [1.165, 1.54) is 0 Å². The van der Waals surface area contributed by atoms with Gasteiger partial charge >= 0.3 is 0 Å². The Hall–Kier alpha value is -1.67. The second-order valence-electron chi connectivity index (χ2n) is 4.99. The molecule has 0 radical (unpaired) electrons. The Morgan fingerprint density at radius 1 is 1.00 bits per heavy atom. The highest BCUT2D eigenvalue weighted by molar-refractivity contribution is 5.44. The lowest BCUT2D eigenvalue weighted by Crippen LogP contribution is -2.43. The van der Waals surface area contributed by atoms with Gasteiger partial charge in [-0.15, -0.1) is 0 Å². The number of aliphatic hydroxyl groups excluding tert-OH is 2. The van der Waals surface area contributed by atoms with Crippen molar-refractivity contribution >= 4 is 17.8 Å². The number of hydrogen-bond acceptors (Lipinski definition) is 8. The van der Waals surface area contributed by atoms with E-state index >= 15 is 0 Å². The monoisotopic (exact) mass is 298 g/mol. The van der Waals surface area contributed by atoms with Crippen molar-refractivity contribution in [2.45, 2.75) is 33.2 Å². The summed E-state index contributed by atoms with van der Waals surface area (Å²) in [4.78, 5) is 15.0. The van der Waals surface area contributed by atoms with E-state index in [4.69, 9.17) is 0 Å². The standard InChI is InChI=1S/C13H26N6O2/c1-5-14-10-15-11(18-13(4,8-20)9-21)17-12(16-10)19(6-2)7-3/h20-21H,5-9H2,1-4H3,(H2,14,15,16,17,18). The van der Waals surface area contributed by atoms with Crippen LogP contribution in [-0.4, -0.2) is 63.6 Å².